The molecule has 0 radical (unpaired) electrons. The van der Waals surface area contributed by atoms with Crippen LogP contribution in [-0.2, 0) is 20.0 Å². The molecule has 0 saturated heterocycles. The molecule has 0 aliphatic heterocycles. The Balaban J connectivity index is 1.85. The number of hydrogen-bond donors (Lipinski definition) is 1. The number of aryl methyl sites for hydroxylation is 2. The smallest absolute Gasteiger partial charge is 0.0807 e. The lowest BCUT2D eigenvalue weighted by atomic mass is 9.93. The van der Waals surface area contributed by atoms with E-state index in [2.05, 4.69) is 22.1 Å². The van der Waals surface area contributed by atoms with Crippen molar-refractivity contribution in [3.63, 3.8) is 0 Å². The van der Waals surface area contributed by atoms with Crippen LogP contribution in [0.25, 0.3) is 0 Å². The fourth-order valence-corrected chi connectivity index (χ4v) is 2.58. The third-order valence-corrected chi connectivity index (χ3v) is 3.40. The molecule has 0 aromatic carbocycles. The van der Waals surface area contributed by atoms with Crippen molar-refractivity contribution in [1.29, 1.82) is 0 Å². The van der Waals surface area contributed by atoms with Crippen molar-refractivity contribution in [2.24, 2.45) is 7.05 Å². The Bertz CT molecular complexity index is 527. The monoisotopic (exact) mass is 231 g/mol. The van der Waals surface area contributed by atoms with E-state index in [0.717, 1.165) is 31.4 Å². The van der Waals surface area contributed by atoms with Gasteiger partial charge in [-0.25, -0.2) is 0 Å². The predicted molar refractivity (Wildman–Crippen MR) is 64.6 cm³/mol. The van der Waals surface area contributed by atoms with Gasteiger partial charge in [0.2, 0.25) is 0 Å². The lowest BCUT2D eigenvalue weighted by molar-refractivity contribution is 0.157. The summed E-state index contributed by atoms with van der Waals surface area (Å²) < 4.78 is 3.96. The van der Waals surface area contributed by atoms with Gasteiger partial charge in [-0.15, -0.1) is 0 Å². The van der Waals surface area contributed by atoms with Gasteiger partial charge in [-0.3, -0.25) is 4.68 Å². The van der Waals surface area contributed by atoms with Gasteiger partial charge < -0.3 is 9.67 Å². The molecule has 0 fully saturated rings. The highest BCUT2D eigenvalue weighted by molar-refractivity contribution is 5.29. The van der Waals surface area contributed by atoms with Crippen molar-refractivity contribution in [3.05, 3.63) is 41.5 Å². The van der Waals surface area contributed by atoms with Crippen molar-refractivity contribution in [1.82, 2.24) is 14.3 Å². The van der Waals surface area contributed by atoms with Crippen LogP contribution in [0, 0.1) is 0 Å². The molecular weight excluding hydrogens is 214 g/mol. The Labute approximate surface area is 100 Å². The molecule has 0 saturated carbocycles. The molecule has 1 unspecified atom stereocenters. The lowest BCUT2D eigenvalue weighted by Crippen LogP contribution is -2.05. The van der Waals surface area contributed by atoms with Gasteiger partial charge in [0.15, 0.2) is 0 Å². The van der Waals surface area contributed by atoms with Crippen LogP contribution in [0.2, 0.25) is 0 Å². The second kappa shape index (κ2) is 4.04. The van der Waals surface area contributed by atoms with Crippen LogP contribution in [0.1, 0.15) is 35.6 Å². The Morgan fingerprint density at radius 1 is 1.41 bits per heavy atom. The van der Waals surface area contributed by atoms with Crippen LogP contribution >= 0.6 is 0 Å². The molecular formula is C13H17N3O. The molecule has 90 valence electrons. The van der Waals surface area contributed by atoms with Crippen molar-refractivity contribution in [3.8, 4) is 0 Å². The first-order valence-electron chi connectivity index (χ1n) is 6.06. The van der Waals surface area contributed by atoms with Crippen LogP contribution in [0.15, 0.2) is 24.8 Å². The predicted octanol–water partition coefficient (Wildman–Crippen LogP) is 1.64. The summed E-state index contributed by atoms with van der Waals surface area (Å²) in [6, 6.07) is 0. The van der Waals surface area contributed by atoms with Gasteiger partial charge >= 0.3 is 0 Å². The molecule has 1 aliphatic carbocycles. The third kappa shape index (κ3) is 2.00. The second-order valence-corrected chi connectivity index (χ2v) is 4.84. The van der Waals surface area contributed by atoms with Gasteiger partial charge in [-0.2, -0.15) is 5.10 Å². The molecule has 3 rings (SSSR count). The number of rotatable bonds is 2. The Morgan fingerprint density at radius 2 is 2.29 bits per heavy atom. The average molecular weight is 231 g/mol. The van der Waals surface area contributed by atoms with E-state index in [1.807, 2.05) is 24.1 Å². The van der Waals surface area contributed by atoms with Gasteiger partial charge in [-0.1, -0.05) is 0 Å². The lowest BCUT2D eigenvalue weighted by Gasteiger charge is -2.16. The Kier molecular flexibility index (Phi) is 2.52. The molecule has 2 heterocycles. The van der Waals surface area contributed by atoms with Gasteiger partial charge in [0.1, 0.15) is 0 Å². The largest absolute Gasteiger partial charge is 0.388 e. The summed E-state index contributed by atoms with van der Waals surface area (Å²) in [5.74, 6) is 0. The van der Waals surface area contributed by atoms with E-state index in [1.165, 1.54) is 11.1 Å². The first kappa shape index (κ1) is 10.6. The second-order valence-electron chi connectivity index (χ2n) is 4.84. The summed E-state index contributed by atoms with van der Waals surface area (Å²) in [5.41, 5.74) is 3.60. The van der Waals surface area contributed by atoms with Crippen molar-refractivity contribution >= 4 is 0 Å². The summed E-state index contributed by atoms with van der Waals surface area (Å²) in [5, 5.41) is 14.1. The Morgan fingerprint density at radius 3 is 3.00 bits per heavy atom. The highest BCUT2D eigenvalue weighted by Gasteiger charge is 2.19. The summed E-state index contributed by atoms with van der Waals surface area (Å²) >= 11 is 0. The summed E-state index contributed by atoms with van der Waals surface area (Å²) in [6.07, 6.45) is 10.9. The first-order chi connectivity index (χ1) is 8.22. The molecule has 0 bridgehead atoms. The average Bonchev–Trinajstić information content (AvgIpc) is 2.86. The molecule has 4 nitrogen and oxygen atoms in total. The number of hydrogen-bond acceptors (Lipinski definition) is 2. The van der Waals surface area contributed by atoms with E-state index in [9.17, 15) is 5.11 Å². The number of nitrogens with zero attached hydrogens (tertiary/aromatic N) is 3. The van der Waals surface area contributed by atoms with E-state index in [0.29, 0.717) is 0 Å². The summed E-state index contributed by atoms with van der Waals surface area (Å²) in [6.45, 7) is 0.827. The molecule has 2 aromatic heterocycles. The number of aromatic nitrogens is 3. The van der Waals surface area contributed by atoms with Crippen LogP contribution in [0.4, 0.5) is 0 Å². The van der Waals surface area contributed by atoms with E-state index in [-0.39, 0.29) is 6.10 Å². The maximum Gasteiger partial charge on any atom is 0.0807 e. The van der Waals surface area contributed by atoms with E-state index < -0.39 is 0 Å². The minimum absolute atomic E-state index is 0.270. The van der Waals surface area contributed by atoms with Gasteiger partial charge in [-0.05, 0) is 24.8 Å². The first-order valence-corrected chi connectivity index (χ1v) is 6.06. The van der Waals surface area contributed by atoms with Crippen LogP contribution < -0.4 is 0 Å². The molecule has 1 aliphatic rings. The zero-order valence-corrected chi connectivity index (χ0v) is 10.0. The van der Waals surface area contributed by atoms with E-state index in [4.69, 9.17) is 0 Å². The number of aliphatic hydroxyl groups is 1. The highest BCUT2D eigenvalue weighted by Crippen LogP contribution is 2.30. The van der Waals surface area contributed by atoms with Crippen molar-refractivity contribution < 1.29 is 5.11 Å². The minimum Gasteiger partial charge on any atom is -0.388 e. The van der Waals surface area contributed by atoms with Crippen molar-refractivity contribution in [2.45, 2.75) is 31.9 Å². The molecule has 0 spiro atoms. The Hall–Kier alpha value is -1.55. The highest BCUT2D eigenvalue weighted by atomic mass is 16.3. The number of fused-ring (bicyclic) bond motifs is 1. The molecule has 1 N–H and O–H groups in total. The minimum atomic E-state index is -0.270. The quantitative estimate of drug-likeness (QED) is 0.853. The zero-order chi connectivity index (χ0) is 11.8. The van der Waals surface area contributed by atoms with Crippen LogP contribution in [0.3, 0.4) is 0 Å². The fraction of sp³-hybridized carbons (Fsp3) is 0.462. The molecule has 2 aromatic rings. The maximum atomic E-state index is 9.92. The van der Waals surface area contributed by atoms with Gasteiger partial charge in [0.25, 0.3) is 0 Å². The van der Waals surface area contributed by atoms with Crippen molar-refractivity contribution in [2.75, 3.05) is 0 Å². The number of aliphatic hydroxyl groups excluding tert-OH is 1. The standard InChI is InChI=1S/C13H17N3O/c1-15-6-10(5-14-15)7-16-8-11-3-2-4-13(17)12(11)9-16/h5-6,8-9,13,17H,2-4,7H2,1H3. The van der Waals surface area contributed by atoms with Gasteiger partial charge in [0, 0.05) is 36.8 Å². The summed E-state index contributed by atoms with van der Waals surface area (Å²) in [4.78, 5) is 0. The zero-order valence-electron chi connectivity index (χ0n) is 10.0. The maximum absolute atomic E-state index is 9.92. The molecule has 4 heteroatoms. The topological polar surface area (TPSA) is 43.0 Å². The van der Waals surface area contributed by atoms with Crippen LogP contribution in [-0.4, -0.2) is 19.5 Å². The van der Waals surface area contributed by atoms with Crippen LogP contribution in [0.5, 0.6) is 0 Å². The van der Waals surface area contributed by atoms with E-state index in [1.54, 1.807) is 0 Å². The molecule has 1 atom stereocenters. The molecule has 0 amide bonds. The van der Waals surface area contributed by atoms with Gasteiger partial charge in [0.05, 0.1) is 18.8 Å². The SMILES string of the molecule is Cn1cc(Cn2cc3c(c2)C(O)CCC3)cn1. The van der Waals surface area contributed by atoms with E-state index >= 15 is 0 Å². The third-order valence-electron chi connectivity index (χ3n) is 3.40. The fourth-order valence-electron chi connectivity index (χ4n) is 2.58. The molecule has 17 heavy (non-hydrogen) atoms. The summed E-state index contributed by atoms with van der Waals surface area (Å²) in [7, 11) is 1.92. The normalized spacial score (nSPS) is 19.3.